The second-order valence-corrected chi connectivity index (χ2v) is 7.32. The molecule has 7 heteroatoms. The van der Waals surface area contributed by atoms with E-state index in [1.807, 2.05) is 30.3 Å². The van der Waals surface area contributed by atoms with Gasteiger partial charge in [0.25, 0.3) is 5.91 Å². The molecule has 0 aliphatic carbocycles. The average molecular weight is 410 g/mol. The van der Waals surface area contributed by atoms with E-state index in [0.717, 1.165) is 5.56 Å². The minimum absolute atomic E-state index is 0.192. The molecule has 1 unspecified atom stereocenters. The van der Waals surface area contributed by atoms with Crippen molar-refractivity contribution in [2.75, 3.05) is 13.1 Å². The van der Waals surface area contributed by atoms with Gasteiger partial charge in [-0.1, -0.05) is 42.5 Å². The van der Waals surface area contributed by atoms with Crippen molar-refractivity contribution < 1.29 is 23.9 Å². The van der Waals surface area contributed by atoms with Gasteiger partial charge in [0.05, 0.1) is 18.1 Å². The number of esters is 1. The van der Waals surface area contributed by atoms with Gasteiger partial charge in [0.1, 0.15) is 18.4 Å². The zero-order valence-corrected chi connectivity index (χ0v) is 17.2. The molecule has 2 amide bonds. The Morgan fingerprint density at radius 1 is 1.10 bits per heavy atom. The van der Waals surface area contributed by atoms with Crippen LogP contribution in [0.2, 0.25) is 0 Å². The molecule has 0 saturated carbocycles. The van der Waals surface area contributed by atoms with Crippen LogP contribution in [0.15, 0.2) is 54.6 Å². The van der Waals surface area contributed by atoms with Crippen LogP contribution in [0.3, 0.4) is 0 Å². The highest BCUT2D eigenvalue weighted by Crippen LogP contribution is 2.24. The number of nitrogens with one attached hydrogen (secondary N) is 1. The van der Waals surface area contributed by atoms with Crippen LogP contribution in [-0.2, 0) is 20.9 Å². The van der Waals surface area contributed by atoms with E-state index in [4.69, 9.17) is 9.47 Å². The number of hydrogen-bond acceptors (Lipinski definition) is 5. The molecule has 3 rings (SSSR count). The first-order valence-corrected chi connectivity index (χ1v) is 9.99. The lowest BCUT2D eigenvalue weighted by Crippen LogP contribution is -2.58. The molecule has 1 fully saturated rings. The molecule has 1 aliphatic heterocycles. The fraction of sp³-hybridized carbons (Fsp3) is 0.348. The summed E-state index contributed by atoms with van der Waals surface area (Å²) >= 11 is 0. The van der Waals surface area contributed by atoms with Crippen LogP contribution in [0.25, 0.3) is 0 Å². The van der Waals surface area contributed by atoms with Crippen LogP contribution in [0, 0.1) is 0 Å². The third-order valence-electron chi connectivity index (χ3n) is 4.67. The van der Waals surface area contributed by atoms with Crippen LogP contribution in [-0.4, -0.2) is 47.9 Å². The van der Waals surface area contributed by atoms with E-state index in [1.54, 1.807) is 38.1 Å². The summed E-state index contributed by atoms with van der Waals surface area (Å²) in [7, 11) is 0. The molecule has 1 aliphatic rings. The summed E-state index contributed by atoms with van der Waals surface area (Å²) in [5.41, 5.74) is 1.33. The van der Waals surface area contributed by atoms with E-state index in [1.165, 1.54) is 4.90 Å². The molecular formula is C23H26N2O5. The van der Waals surface area contributed by atoms with Gasteiger partial charge in [0.15, 0.2) is 0 Å². The maximum Gasteiger partial charge on any atom is 0.308 e. The van der Waals surface area contributed by atoms with Crippen molar-refractivity contribution in [3.8, 4) is 5.75 Å². The van der Waals surface area contributed by atoms with Gasteiger partial charge in [-0.05, 0) is 31.5 Å². The zero-order valence-electron chi connectivity index (χ0n) is 17.2. The second kappa shape index (κ2) is 9.91. The highest BCUT2D eigenvalue weighted by molar-refractivity contribution is 6.01. The summed E-state index contributed by atoms with van der Waals surface area (Å²) in [6.45, 7) is 4.42. The molecule has 158 valence electrons. The standard InChI is InChI=1S/C23H26N2O5/c1-16(2)30-21(26)14-19-22(27)24-12-13-25(19)23(28)18-10-6-7-11-20(18)29-15-17-8-4-3-5-9-17/h3-11,16,19H,12-15H2,1-2H3,(H,24,27). The molecule has 1 atom stereocenters. The van der Waals surface area contributed by atoms with Gasteiger partial charge in [0, 0.05) is 13.1 Å². The maximum atomic E-state index is 13.3. The van der Waals surface area contributed by atoms with Crippen LogP contribution < -0.4 is 10.1 Å². The Hall–Kier alpha value is -3.35. The molecule has 30 heavy (non-hydrogen) atoms. The Balaban J connectivity index is 1.78. The first-order valence-electron chi connectivity index (χ1n) is 9.99. The van der Waals surface area contributed by atoms with E-state index in [2.05, 4.69) is 5.32 Å². The van der Waals surface area contributed by atoms with E-state index < -0.39 is 12.0 Å². The number of piperazine rings is 1. The Labute approximate surface area is 176 Å². The van der Waals surface area contributed by atoms with Crippen molar-refractivity contribution in [2.24, 2.45) is 0 Å². The maximum absolute atomic E-state index is 13.3. The number of amides is 2. The predicted molar refractivity (Wildman–Crippen MR) is 111 cm³/mol. The van der Waals surface area contributed by atoms with Crippen molar-refractivity contribution in [2.45, 2.75) is 39.0 Å². The zero-order chi connectivity index (χ0) is 21.5. The number of rotatable bonds is 7. The number of para-hydroxylation sites is 1. The molecule has 0 aromatic heterocycles. The third kappa shape index (κ3) is 5.37. The van der Waals surface area contributed by atoms with Crippen molar-refractivity contribution >= 4 is 17.8 Å². The minimum Gasteiger partial charge on any atom is -0.488 e. The van der Waals surface area contributed by atoms with Gasteiger partial charge in [-0.25, -0.2) is 0 Å². The first-order chi connectivity index (χ1) is 14.5. The predicted octanol–water partition coefficient (Wildman–Crippen LogP) is 2.55. The van der Waals surface area contributed by atoms with Crippen LogP contribution in [0.4, 0.5) is 0 Å². The SMILES string of the molecule is CC(C)OC(=O)CC1C(=O)NCCN1C(=O)c1ccccc1OCc1ccccc1. The number of nitrogens with zero attached hydrogens (tertiary/aromatic N) is 1. The molecule has 1 heterocycles. The lowest BCUT2D eigenvalue weighted by atomic mass is 10.1. The van der Waals surface area contributed by atoms with E-state index in [0.29, 0.717) is 31.0 Å². The Morgan fingerprint density at radius 2 is 1.80 bits per heavy atom. The number of carbonyl (C=O) groups is 3. The van der Waals surface area contributed by atoms with Gasteiger partial charge in [-0.3, -0.25) is 14.4 Å². The highest BCUT2D eigenvalue weighted by atomic mass is 16.5. The number of ether oxygens (including phenoxy) is 2. The summed E-state index contributed by atoms with van der Waals surface area (Å²) in [5, 5.41) is 2.72. The summed E-state index contributed by atoms with van der Waals surface area (Å²) in [6.07, 6.45) is -0.483. The smallest absolute Gasteiger partial charge is 0.308 e. The molecule has 7 nitrogen and oxygen atoms in total. The molecule has 0 spiro atoms. The van der Waals surface area contributed by atoms with Gasteiger partial charge < -0.3 is 19.7 Å². The molecule has 1 N–H and O–H groups in total. The molecular weight excluding hydrogens is 384 g/mol. The van der Waals surface area contributed by atoms with E-state index in [9.17, 15) is 14.4 Å². The van der Waals surface area contributed by atoms with Crippen LogP contribution in [0.1, 0.15) is 36.2 Å². The normalized spacial score (nSPS) is 16.2. The average Bonchev–Trinajstić information content (AvgIpc) is 2.73. The largest absolute Gasteiger partial charge is 0.488 e. The van der Waals surface area contributed by atoms with Gasteiger partial charge in [0.2, 0.25) is 5.91 Å². The molecule has 0 radical (unpaired) electrons. The number of benzene rings is 2. The van der Waals surface area contributed by atoms with E-state index in [-0.39, 0.29) is 24.3 Å². The third-order valence-corrected chi connectivity index (χ3v) is 4.67. The van der Waals surface area contributed by atoms with Crippen LogP contribution >= 0.6 is 0 Å². The summed E-state index contributed by atoms with van der Waals surface area (Å²) in [4.78, 5) is 39.3. The lowest BCUT2D eigenvalue weighted by molar-refractivity contribution is -0.151. The summed E-state index contributed by atoms with van der Waals surface area (Å²) in [6, 6.07) is 15.6. The molecule has 2 aromatic rings. The second-order valence-electron chi connectivity index (χ2n) is 7.32. The Kier molecular flexibility index (Phi) is 7.06. The van der Waals surface area contributed by atoms with Crippen molar-refractivity contribution in [1.82, 2.24) is 10.2 Å². The van der Waals surface area contributed by atoms with Crippen LogP contribution in [0.5, 0.6) is 5.75 Å². The van der Waals surface area contributed by atoms with Crippen molar-refractivity contribution in [1.29, 1.82) is 0 Å². The van der Waals surface area contributed by atoms with Crippen molar-refractivity contribution in [3.05, 3.63) is 65.7 Å². The fourth-order valence-electron chi connectivity index (χ4n) is 3.29. The fourth-order valence-corrected chi connectivity index (χ4v) is 3.29. The summed E-state index contributed by atoms with van der Waals surface area (Å²) in [5.74, 6) is -0.798. The lowest BCUT2D eigenvalue weighted by Gasteiger charge is -2.35. The Morgan fingerprint density at radius 3 is 2.53 bits per heavy atom. The van der Waals surface area contributed by atoms with Crippen molar-refractivity contribution in [3.63, 3.8) is 0 Å². The molecule has 2 aromatic carbocycles. The number of hydrogen-bond donors (Lipinski definition) is 1. The number of carbonyl (C=O) groups excluding carboxylic acids is 3. The molecule has 0 bridgehead atoms. The topological polar surface area (TPSA) is 84.9 Å². The first kappa shape index (κ1) is 21.4. The highest BCUT2D eigenvalue weighted by Gasteiger charge is 2.36. The molecule has 1 saturated heterocycles. The Bertz CT molecular complexity index is 897. The van der Waals surface area contributed by atoms with Gasteiger partial charge in [-0.15, -0.1) is 0 Å². The quantitative estimate of drug-likeness (QED) is 0.709. The van der Waals surface area contributed by atoms with E-state index >= 15 is 0 Å². The summed E-state index contributed by atoms with van der Waals surface area (Å²) < 4.78 is 11.1. The minimum atomic E-state index is -0.917. The van der Waals surface area contributed by atoms with Gasteiger partial charge >= 0.3 is 5.97 Å². The monoisotopic (exact) mass is 410 g/mol. The van der Waals surface area contributed by atoms with Gasteiger partial charge in [-0.2, -0.15) is 0 Å².